The minimum Gasteiger partial charge on any atom is -0.464 e. The lowest BCUT2D eigenvalue weighted by molar-refractivity contribution is 0.0313. The SMILES string of the molecule is c1ccc(Oc2coc(CN3CCOCC3)c2)cc1. The molecule has 0 aliphatic carbocycles. The zero-order valence-electron chi connectivity index (χ0n) is 10.7. The lowest BCUT2D eigenvalue weighted by Crippen LogP contribution is -2.35. The predicted molar refractivity (Wildman–Crippen MR) is 71.3 cm³/mol. The molecule has 1 aromatic carbocycles. The van der Waals surface area contributed by atoms with Gasteiger partial charge in [-0.25, -0.2) is 0 Å². The summed E-state index contributed by atoms with van der Waals surface area (Å²) in [6.07, 6.45) is 1.66. The monoisotopic (exact) mass is 259 g/mol. The third kappa shape index (κ3) is 3.36. The highest BCUT2D eigenvalue weighted by atomic mass is 16.5. The maximum absolute atomic E-state index is 5.71. The maximum Gasteiger partial charge on any atom is 0.165 e. The first-order chi connectivity index (χ1) is 9.40. The van der Waals surface area contributed by atoms with E-state index in [1.54, 1.807) is 6.26 Å². The Bertz CT molecular complexity index is 503. The molecule has 0 spiro atoms. The van der Waals surface area contributed by atoms with Crippen molar-refractivity contribution in [1.82, 2.24) is 4.90 Å². The first-order valence-corrected chi connectivity index (χ1v) is 6.50. The average molecular weight is 259 g/mol. The van der Waals surface area contributed by atoms with Crippen LogP contribution < -0.4 is 4.74 Å². The van der Waals surface area contributed by atoms with Crippen molar-refractivity contribution in [1.29, 1.82) is 0 Å². The molecule has 0 unspecified atom stereocenters. The fraction of sp³-hybridized carbons (Fsp3) is 0.333. The maximum atomic E-state index is 5.71. The summed E-state index contributed by atoms with van der Waals surface area (Å²) in [5.74, 6) is 2.49. The van der Waals surface area contributed by atoms with Crippen LogP contribution in [0, 0.1) is 0 Å². The molecule has 1 saturated heterocycles. The smallest absolute Gasteiger partial charge is 0.165 e. The summed E-state index contributed by atoms with van der Waals surface area (Å²) in [6, 6.07) is 11.7. The van der Waals surface area contributed by atoms with Crippen molar-refractivity contribution < 1.29 is 13.9 Å². The molecule has 0 radical (unpaired) electrons. The Balaban J connectivity index is 1.59. The van der Waals surface area contributed by atoms with Crippen LogP contribution in [-0.4, -0.2) is 31.2 Å². The van der Waals surface area contributed by atoms with Gasteiger partial charge in [0.1, 0.15) is 17.8 Å². The highest BCUT2D eigenvalue weighted by Crippen LogP contribution is 2.24. The molecule has 0 bridgehead atoms. The second kappa shape index (κ2) is 5.91. The Hall–Kier alpha value is -1.78. The first kappa shape index (κ1) is 12.3. The molecule has 0 saturated carbocycles. The number of nitrogens with zero attached hydrogens (tertiary/aromatic N) is 1. The standard InChI is InChI=1S/C15H17NO3/c1-2-4-13(5-3-1)19-15-10-14(18-12-15)11-16-6-8-17-9-7-16/h1-5,10,12H,6-9,11H2. The fourth-order valence-corrected chi connectivity index (χ4v) is 2.10. The normalized spacial score (nSPS) is 16.4. The predicted octanol–water partition coefficient (Wildman–Crippen LogP) is 2.90. The highest BCUT2D eigenvalue weighted by Gasteiger charge is 2.13. The summed E-state index contributed by atoms with van der Waals surface area (Å²) in [4.78, 5) is 2.31. The average Bonchev–Trinajstić information content (AvgIpc) is 2.88. The van der Waals surface area contributed by atoms with E-state index in [1.165, 1.54) is 0 Å². The van der Waals surface area contributed by atoms with E-state index in [1.807, 2.05) is 36.4 Å². The van der Waals surface area contributed by atoms with Crippen LogP contribution in [0.15, 0.2) is 47.1 Å². The quantitative estimate of drug-likeness (QED) is 0.845. The van der Waals surface area contributed by atoms with Crippen LogP contribution in [-0.2, 0) is 11.3 Å². The summed E-state index contributed by atoms with van der Waals surface area (Å²) in [5, 5.41) is 0. The lowest BCUT2D eigenvalue weighted by Gasteiger charge is -2.25. The molecule has 0 atom stereocenters. The molecule has 1 aromatic heterocycles. The van der Waals surface area contributed by atoms with Crippen molar-refractivity contribution in [3.05, 3.63) is 48.4 Å². The summed E-state index contributed by atoms with van der Waals surface area (Å²) in [6.45, 7) is 4.31. The fourth-order valence-electron chi connectivity index (χ4n) is 2.10. The second-order valence-corrected chi connectivity index (χ2v) is 4.55. The van der Waals surface area contributed by atoms with E-state index in [4.69, 9.17) is 13.9 Å². The number of ether oxygens (including phenoxy) is 2. The van der Waals surface area contributed by atoms with Gasteiger partial charge in [0.15, 0.2) is 5.75 Å². The van der Waals surface area contributed by atoms with Crippen LogP contribution in [0.3, 0.4) is 0 Å². The third-order valence-electron chi connectivity index (χ3n) is 3.09. The molecule has 4 nitrogen and oxygen atoms in total. The van der Waals surface area contributed by atoms with Gasteiger partial charge in [-0.3, -0.25) is 4.90 Å². The van der Waals surface area contributed by atoms with E-state index in [0.717, 1.165) is 50.1 Å². The largest absolute Gasteiger partial charge is 0.464 e. The zero-order chi connectivity index (χ0) is 12.9. The number of hydrogen-bond donors (Lipinski definition) is 0. The van der Waals surface area contributed by atoms with E-state index >= 15 is 0 Å². The Labute approximate surface area is 112 Å². The van der Waals surface area contributed by atoms with Crippen molar-refractivity contribution in [3.8, 4) is 11.5 Å². The Morgan fingerprint density at radius 1 is 1.05 bits per heavy atom. The molecule has 0 N–H and O–H groups in total. The molecule has 0 amide bonds. The summed E-state index contributed by atoms with van der Waals surface area (Å²) in [7, 11) is 0. The molecule has 19 heavy (non-hydrogen) atoms. The molecule has 1 fully saturated rings. The minimum absolute atomic E-state index is 0.745. The number of para-hydroxylation sites is 1. The van der Waals surface area contributed by atoms with E-state index < -0.39 is 0 Å². The Morgan fingerprint density at radius 3 is 2.63 bits per heavy atom. The first-order valence-electron chi connectivity index (χ1n) is 6.50. The molecule has 3 rings (SSSR count). The van der Waals surface area contributed by atoms with Crippen LogP contribution in [0.5, 0.6) is 11.5 Å². The van der Waals surface area contributed by atoms with Crippen LogP contribution in [0.25, 0.3) is 0 Å². The summed E-state index contributed by atoms with van der Waals surface area (Å²) < 4.78 is 16.6. The van der Waals surface area contributed by atoms with Gasteiger partial charge in [-0.15, -0.1) is 0 Å². The van der Waals surface area contributed by atoms with Crippen molar-refractivity contribution >= 4 is 0 Å². The molecule has 2 heterocycles. The molecular formula is C15H17NO3. The molecule has 1 aliphatic rings. The summed E-state index contributed by atoms with van der Waals surface area (Å²) in [5.41, 5.74) is 0. The van der Waals surface area contributed by atoms with Crippen LogP contribution in [0.4, 0.5) is 0 Å². The zero-order valence-corrected chi connectivity index (χ0v) is 10.7. The number of benzene rings is 1. The van der Waals surface area contributed by atoms with Gasteiger partial charge in [-0.2, -0.15) is 0 Å². The van der Waals surface area contributed by atoms with E-state index in [9.17, 15) is 0 Å². The van der Waals surface area contributed by atoms with Crippen molar-refractivity contribution in [3.63, 3.8) is 0 Å². The van der Waals surface area contributed by atoms with Crippen LogP contribution >= 0.6 is 0 Å². The van der Waals surface area contributed by atoms with Crippen molar-refractivity contribution in [2.45, 2.75) is 6.54 Å². The van der Waals surface area contributed by atoms with Gasteiger partial charge in [0, 0.05) is 19.2 Å². The molecular weight excluding hydrogens is 242 g/mol. The molecule has 100 valence electrons. The summed E-state index contributed by atoms with van der Waals surface area (Å²) >= 11 is 0. The molecule has 4 heteroatoms. The van der Waals surface area contributed by atoms with Gasteiger partial charge in [-0.1, -0.05) is 18.2 Å². The van der Waals surface area contributed by atoms with E-state index in [0.29, 0.717) is 0 Å². The van der Waals surface area contributed by atoms with Crippen molar-refractivity contribution in [2.75, 3.05) is 26.3 Å². The molecule has 2 aromatic rings. The molecule has 1 aliphatic heterocycles. The number of hydrogen-bond acceptors (Lipinski definition) is 4. The second-order valence-electron chi connectivity index (χ2n) is 4.55. The van der Waals surface area contributed by atoms with Crippen LogP contribution in [0.2, 0.25) is 0 Å². The number of morpholine rings is 1. The Morgan fingerprint density at radius 2 is 1.84 bits per heavy atom. The number of furan rings is 1. The van der Waals surface area contributed by atoms with Gasteiger partial charge in [-0.05, 0) is 12.1 Å². The number of rotatable bonds is 4. The van der Waals surface area contributed by atoms with Gasteiger partial charge >= 0.3 is 0 Å². The Kier molecular flexibility index (Phi) is 3.81. The lowest BCUT2D eigenvalue weighted by atomic mass is 10.3. The highest BCUT2D eigenvalue weighted by molar-refractivity contribution is 5.29. The van der Waals surface area contributed by atoms with E-state index in [-0.39, 0.29) is 0 Å². The topological polar surface area (TPSA) is 34.8 Å². The minimum atomic E-state index is 0.745. The van der Waals surface area contributed by atoms with Crippen molar-refractivity contribution in [2.24, 2.45) is 0 Å². The van der Waals surface area contributed by atoms with Gasteiger partial charge in [0.25, 0.3) is 0 Å². The third-order valence-corrected chi connectivity index (χ3v) is 3.09. The van der Waals surface area contributed by atoms with Gasteiger partial charge in [0.05, 0.1) is 19.8 Å². The van der Waals surface area contributed by atoms with Gasteiger partial charge in [0.2, 0.25) is 0 Å². The van der Waals surface area contributed by atoms with Gasteiger partial charge < -0.3 is 13.9 Å². The van der Waals surface area contributed by atoms with Crippen LogP contribution in [0.1, 0.15) is 5.76 Å². The van der Waals surface area contributed by atoms with E-state index in [2.05, 4.69) is 4.90 Å².